The van der Waals surface area contributed by atoms with Crippen molar-refractivity contribution in [1.29, 1.82) is 0 Å². The van der Waals surface area contributed by atoms with Crippen molar-refractivity contribution in [3.05, 3.63) is 41.5 Å². The molecule has 1 aliphatic carbocycles. The Morgan fingerprint density at radius 2 is 2.13 bits per heavy atom. The summed E-state index contributed by atoms with van der Waals surface area (Å²) in [6.45, 7) is 1.81. The SMILES string of the molecule is CO[C@@H]1C[C@@H](C(=O)NCc2nonc2C)CC[C@H]1NC(=O)Cc1cccnc1.O=CO. The molecule has 3 rings (SSSR count). The predicted molar refractivity (Wildman–Crippen MR) is 108 cm³/mol. The minimum Gasteiger partial charge on any atom is -0.483 e. The van der Waals surface area contributed by atoms with Gasteiger partial charge in [0.25, 0.3) is 6.47 Å². The first-order chi connectivity index (χ1) is 15.0. The molecule has 0 aromatic carbocycles. The standard InChI is InChI=1S/C19H25N5O4.CH2O2/c1-12-16(24-28-23-12)11-21-19(26)14-5-6-15(17(9-14)27-2)22-18(25)8-13-4-3-7-20-10-13;2-1-3/h3-4,7,10,14-15,17H,5-6,8-9,11H2,1-2H3,(H,21,26)(H,22,25);1H,(H,2,3)/t14-,15+,17+;/m0./s1. The molecule has 3 atom stereocenters. The summed E-state index contributed by atoms with van der Waals surface area (Å²) in [6, 6.07) is 3.56. The second kappa shape index (κ2) is 12.4. The van der Waals surface area contributed by atoms with Crippen LogP contribution in [0.5, 0.6) is 0 Å². The van der Waals surface area contributed by atoms with Crippen LogP contribution in [-0.2, 0) is 32.1 Å². The smallest absolute Gasteiger partial charge is 0.290 e. The fourth-order valence-electron chi connectivity index (χ4n) is 3.46. The fraction of sp³-hybridized carbons (Fsp3) is 0.500. The Hall–Kier alpha value is -3.34. The molecule has 0 bridgehead atoms. The highest BCUT2D eigenvalue weighted by atomic mass is 16.6. The molecule has 1 aliphatic rings. The number of amides is 2. The monoisotopic (exact) mass is 433 g/mol. The number of aryl methyl sites for hydroxylation is 1. The first-order valence-corrected chi connectivity index (χ1v) is 9.83. The van der Waals surface area contributed by atoms with Crippen molar-refractivity contribution < 1.29 is 28.9 Å². The van der Waals surface area contributed by atoms with Gasteiger partial charge in [-0.2, -0.15) is 0 Å². The summed E-state index contributed by atoms with van der Waals surface area (Å²) in [5, 5.41) is 20.3. The van der Waals surface area contributed by atoms with Crippen LogP contribution in [0.2, 0.25) is 0 Å². The van der Waals surface area contributed by atoms with Crippen LogP contribution in [0.1, 0.15) is 36.2 Å². The van der Waals surface area contributed by atoms with Crippen molar-refractivity contribution in [3.63, 3.8) is 0 Å². The van der Waals surface area contributed by atoms with Crippen LogP contribution in [0.25, 0.3) is 0 Å². The second-order valence-electron chi connectivity index (χ2n) is 7.12. The van der Waals surface area contributed by atoms with Gasteiger partial charge in [0.1, 0.15) is 11.4 Å². The second-order valence-corrected chi connectivity index (χ2v) is 7.12. The van der Waals surface area contributed by atoms with E-state index in [1.807, 2.05) is 6.07 Å². The Morgan fingerprint density at radius 3 is 2.74 bits per heavy atom. The van der Waals surface area contributed by atoms with E-state index in [4.69, 9.17) is 14.6 Å². The van der Waals surface area contributed by atoms with E-state index in [9.17, 15) is 9.59 Å². The summed E-state index contributed by atoms with van der Waals surface area (Å²) < 4.78 is 10.2. The Labute approximate surface area is 179 Å². The fourth-order valence-corrected chi connectivity index (χ4v) is 3.46. The normalized spacial score (nSPS) is 20.1. The highest BCUT2D eigenvalue weighted by Gasteiger charge is 2.34. The zero-order valence-electron chi connectivity index (χ0n) is 17.5. The van der Waals surface area contributed by atoms with E-state index in [1.165, 1.54) is 0 Å². The van der Waals surface area contributed by atoms with E-state index in [1.54, 1.807) is 32.5 Å². The van der Waals surface area contributed by atoms with Gasteiger partial charge >= 0.3 is 0 Å². The third-order valence-electron chi connectivity index (χ3n) is 5.08. The summed E-state index contributed by atoms with van der Waals surface area (Å²) in [7, 11) is 1.61. The van der Waals surface area contributed by atoms with Crippen LogP contribution in [0.4, 0.5) is 0 Å². The Kier molecular flexibility index (Phi) is 9.56. The Bertz CT molecular complexity index is 844. The lowest BCUT2D eigenvalue weighted by Gasteiger charge is -2.35. The average Bonchev–Trinajstić information content (AvgIpc) is 3.18. The van der Waals surface area contributed by atoms with Crippen molar-refractivity contribution in [3.8, 4) is 0 Å². The van der Waals surface area contributed by atoms with E-state index in [-0.39, 0.29) is 49.3 Å². The largest absolute Gasteiger partial charge is 0.483 e. The summed E-state index contributed by atoms with van der Waals surface area (Å²) in [6.07, 6.45) is 5.33. The number of pyridine rings is 1. The van der Waals surface area contributed by atoms with Crippen LogP contribution in [0.15, 0.2) is 29.2 Å². The zero-order valence-corrected chi connectivity index (χ0v) is 17.5. The molecule has 2 aromatic rings. The lowest BCUT2D eigenvalue weighted by molar-refractivity contribution is -0.129. The molecular weight excluding hydrogens is 406 g/mol. The highest BCUT2D eigenvalue weighted by Crippen LogP contribution is 2.27. The first kappa shape index (κ1) is 23.9. The zero-order chi connectivity index (χ0) is 22.6. The number of rotatable bonds is 7. The summed E-state index contributed by atoms with van der Waals surface area (Å²) >= 11 is 0. The molecule has 0 radical (unpaired) electrons. The van der Waals surface area contributed by atoms with Crippen LogP contribution < -0.4 is 10.6 Å². The highest BCUT2D eigenvalue weighted by molar-refractivity contribution is 5.80. The third kappa shape index (κ3) is 7.45. The van der Waals surface area contributed by atoms with Crippen LogP contribution in [0, 0.1) is 12.8 Å². The van der Waals surface area contributed by atoms with Gasteiger partial charge < -0.3 is 20.5 Å². The molecule has 31 heavy (non-hydrogen) atoms. The average molecular weight is 433 g/mol. The van der Waals surface area contributed by atoms with Crippen LogP contribution in [0.3, 0.4) is 0 Å². The molecule has 2 aromatic heterocycles. The van der Waals surface area contributed by atoms with Crippen LogP contribution in [-0.4, -0.2) is 57.9 Å². The number of hydrogen-bond donors (Lipinski definition) is 3. The Morgan fingerprint density at radius 1 is 1.35 bits per heavy atom. The summed E-state index contributed by atoms with van der Waals surface area (Å²) in [5.41, 5.74) is 2.14. The van der Waals surface area contributed by atoms with Gasteiger partial charge in [0.05, 0.1) is 25.1 Å². The minimum atomic E-state index is -0.250. The predicted octanol–water partition coefficient (Wildman–Crippen LogP) is 0.633. The van der Waals surface area contributed by atoms with Gasteiger partial charge in [-0.3, -0.25) is 19.4 Å². The van der Waals surface area contributed by atoms with Crippen molar-refractivity contribution in [2.24, 2.45) is 5.92 Å². The number of nitrogens with zero attached hydrogens (tertiary/aromatic N) is 3. The molecule has 1 saturated carbocycles. The van der Waals surface area contributed by atoms with Crippen molar-refractivity contribution >= 4 is 18.3 Å². The maximum atomic E-state index is 12.5. The number of methoxy groups -OCH3 is 1. The van der Waals surface area contributed by atoms with Gasteiger partial charge in [-0.05, 0) is 37.8 Å². The molecule has 11 heteroatoms. The molecule has 1 fully saturated rings. The number of hydrogen-bond acceptors (Lipinski definition) is 8. The summed E-state index contributed by atoms with van der Waals surface area (Å²) in [5.74, 6) is -0.293. The molecule has 2 heterocycles. The molecule has 0 spiro atoms. The number of carbonyl (C=O) groups excluding carboxylic acids is 2. The maximum Gasteiger partial charge on any atom is 0.290 e. The van der Waals surface area contributed by atoms with E-state index in [0.29, 0.717) is 30.7 Å². The van der Waals surface area contributed by atoms with E-state index in [2.05, 4.69) is 30.6 Å². The first-order valence-electron chi connectivity index (χ1n) is 9.83. The lowest BCUT2D eigenvalue weighted by atomic mass is 9.83. The number of aromatic nitrogens is 3. The van der Waals surface area contributed by atoms with E-state index >= 15 is 0 Å². The number of carbonyl (C=O) groups is 3. The van der Waals surface area contributed by atoms with Crippen LogP contribution >= 0.6 is 0 Å². The van der Waals surface area contributed by atoms with Gasteiger partial charge in [-0.15, -0.1) is 0 Å². The molecule has 168 valence electrons. The molecule has 2 amide bonds. The number of ether oxygens (including phenoxy) is 1. The maximum absolute atomic E-state index is 12.5. The molecule has 3 N–H and O–H groups in total. The number of nitrogens with one attached hydrogen (secondary N) is 2. The van der Waals surface area contributed by atoms with Gasteiger partial charge in [0.15, 0.2) is 0 Å². The molecule has 11 nitrogen and oxygen atoms in total. The quantitative estimate of drug-likeness (QED) is 0.533. The molecule has 0 unspecified atom stereocenters. The Balaban J connectivity index is 0.00000107. The van der Waals surface area contributed by atoms with Gasteiger partial charge in [0.2, 0.25) is 11.8 Å². The van der Waals surface area contributed by atoms with Gasteiger partial charge in [-0.1, -0.05) is 16.4 Å². The molecule has 0 aliphatic heterocycles. The lowest BCUT2D eigenvalue weighted by Crippen LogP contribution is -2.50. The van der Waals surface area contributed by atoms with E-state index in [0.717, 1.165) is 5.56 Å². The minimum absolute atomic E-state index is 0.0513. The van der Waals surface area contributed by atoms with Crippen molar-refractivity contribution in [2.45, 2.75) is 51.3 Å². The van der Waals surface area contributed by atoms with Gasteiger partial charge in [0, 0.05) is 25.4 Å². The summed E-state index contributed by atoms with van der Waals surface area (Å²) in [4.78, 5) is 37.2. The molecule has 0 saturated heterocycles. The van der Waals surface area contributed by atoms with Crippen molar-refractivity contribution in [2.75, 3.05) is 7.11 Å². The number of carboxylic acid groups (broad SMARTS) is 1. The van der Waals surface area contributed by atoms with E-state index < -0.39 is 0 Å². The topological polar surface area (TPSA) is 157 Å². The van der Waals surface area contributed by atoms with Gasteiger partial charge in [-0.25, -0.2) is 4.63 Å². The molecular formula is C20H27N5O6. The van der Waals surface area contributed by atoms with Crippen molar-refractivity contribution in [1.82, 2.24) is 25.9 Å². The third-order valence-corrected chi connectivity index (χ3v) is 5.08.